The number of halogens is 1. The van der Waals surface area contributed by atoms with E-state index in [1.54, 1.807) is 43.3 Å². The molecule has 1 atom stereocenters. The van der Waals surface area contributed by atoms with Crippen LogP contribution in [0.2, 0.25) is 0 Å². The first kappa shape index (κ1) is 15.0. The third-order valence-electron chi connectivity index (χ3n) is 2.88. The molecule has 0 saturated heterocycles. The Bertz CT molecular complexity index is 628. The number of carbonyl (C=O) groups is 1. The Morgan fingerprint density at radius 2 is 1.90 bits per heavy atom. The van der Waals surface area contributed by atoms with Crippen molar-refractivity contribution in [3.63, 3.8) is 0 Å². The molecule has 0 spiro atoms. The van der Waals surface area contributed by atoms with E-state index >= 15 is 0 Å². The Morgan fingerprint density at radius 1 is 1.24 bits per heavy atom. The summed E-state index contributed by atoms with van der Waals surface area (Å²) in [4.78, 5) is 11.8. The molecule has 0 heterocycles. The summed E-state index contributed by atoms with van der Waals surface area (Å²) in [6.45, 7) is 1.30. The first-order valence-electron chi connectivity index (χ1n) is 6.52. The summed E-state index contributed by atoms with van der Waals surface area (Å²) in [5, 5.41) is 12.3. The van der Waals surface area contributed by atoms with Gasteiger partial charge in [-0.2, -0.15) is 0 Å². The van der Waals surface area contributed by atoms with Crippen molar-refractivity contribution in [1.82, 2.24) is 0 Å². The Morgan fingerprint density at radius 3 is 2.62 bits per heavy atom. The highest BCUT2D eigenvalue weighted by Crippen LogP contribution is 2.22. The summed E-state index contributed by atoms with van der Waals surface area (Å²) < 4.78 is 18.5. The molecule has 0 aliphatic heterocycles. The minimum Gasteiger partial charge on any atom is -0.481 e. The molecule has 2 N–H and O–H groups in total. The first-order chi connectivity index (χ1) is 10.1. The fourth-order valence-electron chi connectivity index (χ4n) is 1.87. The molecular weight excluding hydrogens is 273 g/mol. The minimum absolute atomic E-state index is 0.0245. The number of benzene rings is 2. The number of para-hydroxylation sites is 2. The smallest absolute Gasteiger partial charge is 0.262 e. The van der Waals surface area contributed by atoms with Crippen LogP contribution in [0.5, 0.6) is 5.75 Å². The van der Waals surface area contributed by atoms with E-state index in [2.05, 4.69) is 5.32 Å². The molecule has 0 saturated carbocycles. The van der Waals surface area contributed by atoms with Crippen LogP contribution in [0.25, 0.3) is 0 Å². The highest BCUT2D eigenvalue weighted by Gasteiger charge is 2.11. The van der Waals surface area contributed by atoms with Gasteiger partial charge in [0, 0.05) is 11.3 Å². The van der Waals surface area contributed by atoms with Crippen molar-refractivity contribution in [2.24, 2.45) is 0 Å². The van der Waals surface area contributed by atoms with Crippen LogP contribution in [0, 0.1) is 5.82 Å². The highest BCUT2D eigenvalue weighted by atomic mass is 19.1. The molecule has 5 heteroatoms. The predicted molar refractivity (Wildman–Crippen MR) is 77.6 cm³/mol. The summed E-state index contributed by atoms with van der Waals surface area (Å²) in [5.74, 6) is -0.919. The van der Waals surface area contributed by atoms with Crippen LogP contribution in [0.1, 0.15) is 18.6 Å². The maximum atomic E-state index is 13.3. The van der Waals surface area contributed by atoms with Crippen LogP contribution < -0.4 is 10.1 Å². The lowest BCUT2D eigenvalue weighted by Gasteiger charge is -2.13. The number of carbonyl (C=O) groups excluding carboxylic acids is 1. The molecule has 0 aliphatic rings. The van der Waals surface area contributed by atoms with Gasteiger partial charge in [0.2, 0.25) is 0 Å². The second-order valence-electron chi connectivity index (χ2n) is 4.53. The van der Waals surface area contributed by atoms with E-state index in [1.165, 1.54) is 12.1 Å². The van der Waals surface area contributed by atoms with Crippen molar-refractivity contribution in [2.45, 2.75) is 13.0 Å². The van der Waals surface area contributed by atoms with Gasteiger partial charge in [-0.25, -0.2) is 4.39 Å². The number of rotatable bonds is 5. The van der Waals surface area contributed by atoms with Crippen LogP contribution in [-0.4, -0.2) is 17.6 Å². The largest absolute Gasteiger partial charge is 0.481 e. The molecule has 110 valence electrons. The Kier molecular flexibility index (Phi) is 4.90. The first-order valence-corrected chi connectivity index (χ1v) is 6.52. The maximum Gasteiger partial charge on any atom is 0.262 e. The molecule has 0 aliphatic carbocycles. The van der Waals surface area contributed by atoms with Gasteiger partial charge in [0.15, 0.2) is 18.2 Å². The summed E-state index contributed by atoms with van der Waals surface area (Å²) in [7, 11) is 0. The molecule has 0 fully saturated rings. The third kappa shape index (κ3) is 4.03. The topological polar surface area (TPSA) is 58.6 Å². The normalized spacial score (nSPS) is 11.8. The molecule has 0 bridgehead atoms. The van der Waals surface area contributed by atoms with E-state index < -0.39 is 17.8 Å². The molecule has 2 rings (SSSR count). The Balaban J connectivity index is 1.98. The van der Waals surface area contributed by atoms with E-state index in [9.17, 15) is 14.3 Å². The van der Waals surface area contributed by atoms with Crippen LogP contribution in [0.3, 0.4) is 0 Å². The SMILES string of the molecule is CC(O)c1ccccc1NC(=O)COc1ccccc1F. The van der Waals surface area contributed by atoms with Crippen LogP contribution in [-0.2, 0) is 4.79 Å². The number of nitrogens with one attached hydrogen (secondary N) is 1. The second-order valence-corrected chi connectivity index (χ2v) is 4.53. The number of aliphatic hydroxyl groups is 1. The van der Waals surface area contributed by atoms with Crippen LogP contribution in [0.15, 0.2) is 48.5 Å². The van der Waals surface area contributed by atoms with Crippen molar-refractivity contribution in [3.05, 3.63) is 59.9 Å². The van der Waals surface area contributed by atoms with Crippen molar-refractivity contribution in [3.8, 4) is 5.75 Å². The average Bonchev–Trinajstić information content (AvgIpc) is 2.47. The van der Waals surface area contributed by atoms with Crippen LogP contribution in [0.4, 0.5) is 10.1 Å². The zero-order chi connectivity index (χ0) is 15.2. The van der Waals surface area contributed by atoms with E-state index in [0.29, 0.717) is 11.3 Å². The average molecular weight is 289 g/mol. The molecule has 21 heavy (non-hydrogen) atoms. The lowest BCUT2D eigenvalue weighted by atomic mass is 10.1. The number of amides is 1. The lowest BCUT2D eigenvalue weighted by molar-refractivity contribution is -0.118. The molecule has 4 nitrogen and oxygen atoms in total. The van der Waals surface area contributed by atoms with Gasteiger partial charge in [0.1, 0.15) is 0 Å². The number of hydrogen-bond donors (Lipinski definition) is 2. The van der Waals surface area contributed by atoms with Crippen molar-refractivity contribution >= 4 is 11.6 Å². The Hall–Kier alpha value is -2.40. The second kappa shape index (κ2) is 6.85. The molecular formula is C16H16FNO3. The summed E-state index contributed by atoms with van der Waals surface area (Å²) >= 11 is 0. The minimum atomic E-state index is -0.700. The third-order valence-corrected chi connectivity index (χ3v) is 2.88. The fourth-order valence-corrected chi connectivity index (χ4v) is 1.87. The molecule has 0 radical (unpaired) electrons. The van der Waals surface area contributed by atoms with Gasteiger partial charge in [0.05, 0.1) is 6.10 Å². The molecule has 0 aromatic heterocycles. The molecule has 2 aromatic carbocycles. The summed E-state index contributed by atoms with van der Waals surface area (Å²) in [6, 6.07) is 12.8. The fraction of sp³-hybridized carbons (Fsp3) is 0.188. The quantitative estimate of drug-likeness (QED) is 0.889. The monoisotopic (exact) mass is 289 g/mol. The zero-order valence-corrected chi connectivity index (χ0v) is 11.5. The predicted octanol–water partition coefficient (Wildman–Crippen LogP) is 2.90. The van der Waals surface area contributed by atoms with Gasteiger partial charge < -0.3 is 15.2 Å². The standard InChI is InChI=1S/C16H16FNO3/c1-11(19)12-6-2-4-8-14(12)18-16(20)10-21-15-9-5-3-7-13(15)17/h2-9,11,19H,10H2,1H3,(H,18,20). The Labute approximate surface area is 122 Å². The number of anilines is 1. The van der Waals surface area contributed by atoms with E-state index in [-0.39, 0.29) is 12.4 Å². The highest BCUT2D eigenvalue weighted by molar-refractivity contribution is 5.92. The van der Waals surface area contributed by atoms with Gasteiger partial charge in [-0.05, 0) is 25.1 Å². The van der Waals surface area contributed by atoms with Gasteiger partial charge in [-0.3, -0.25) is 4.79 Å². The van der Waals surface area contributed by atoms with Crippen molar-refractivity contribution in [2.75, 3.05) is 11.9 Å². The lowest BCUT2D eigenvalue weighted by Crippen LogP contribution is -2.21. The summed E-state index contributed by atoms with van der Waals surface area (Å²) in [6.07, 6.45) is -0.700. The van der Waals surface area contributed by atoms with Gasteiger partial charge in [-0.1, -0.05) is 30.3 Å². The van der Waals surface area contributed by atoms with E-state index in [4.69, 9.17) is 4.74 Å². The van der Waals surface area contributed by atoms with Gasteiger partial charge in [-0.15, -0.1) is 0 Å². The van der Waals surface area contributed by atoms with Crippen molar-refractivity contribution < 1.29 is 19.0 Å². The molecule has 1 amide bonds. The number of ether oxygens (including phenoxy) is 1. The van der Waals surface area contributed by atoms with Crippen LogP contribution >= 0.6 is 0 Å². The number of hydrogen-bond acceptors (Lipinski definition) is 3. The molecule has 1 unspecified atom stereocenters. The summed E-state index contributed by atoms with van der Waals surface area (Å²) in [5.41, 5.74) is 1.12. The van der Waals surface area contributed by atoms with E-state index in [1.807, 2.05) is 0 Å². The van der Waals surface area contributed by atoms with Gasteiger partial charge in [0.25, 0.3) is 5.91 Å². The zero-order valence-electron chi connectivity index (χ0n) is 11.5. The maximum absolute atomic E-state index is 13.3. The van der Waals surface area contributed by atoms with E-state index in [0.717, 1.165) is 0 Å². The van der Waals surface area contributed by atoms with Gasteiger partial charge >= 0.3 is 0 Å². The number of aliphatic hydroxyl groups excluding tert-OH is 1. The van der Waals surface area contributed by atoms with Crippen molar-refractivity contribution in [1.29, 1.82) is 0 Å². The molecule has 2 aromatic rings.